The van der Waals surface area contributed by atoms with E-state index in [1.165, 1.54) is 4.90 Å². The Morgan fingerprint density at radius 3 is 2.21 bits per heavy atom. The van der Waals surface area contributed by atoms with Crippen LogP contribution in [0.5, 0.6) is 11.5 Å². The van der Waals surface area contributed by atoms with E-state index in [2.05, 4.69) is 5.32 Å². The van der Waals surface area contributed by atoms with Gasteiger partial charge in [0.05, 0.1) is 33.5 Å². The second kappa shape index (κ2) is 11.1. The number of hydrogen-bond acceptors (Lipinski definition) is 5. The number of rotatable bonds is 12. The first-order valence-electron chi connectivity index (χ1n) is 12.7. The lowest BCUT2D eigenvalue weighted by atomic mass is 9.73. The monoisotopic (exact) mass is 532 g/mol. The molecule has 2 aliphatic rings. The van der Waals surface area contributed by atoms with Crippen molar-refractivity contribution in [3.63, 3.8) is 0 Å². The molecule has 2 aliphatic carbocycles. The molecule has 2 N–H and O–H groups in total. The number of carboxylic acid groups (broad SMARTS) is 1. The van der Waals surface area contributed by atoms with Gasteiger partial charge in [0, 0.05) is 24.9 Å². The molecular weight excluding hydrogens is 498 g/mol. The summed E-state index contributed by atoms with van der Waals surface area (Å²) in [6.45, 7) is 2.36. The predicted octanol–water partition coefficient (Wildman–Crippen LogP) is 5.12. The number of hydrogen-bond donors (Lipinski definition) is 2. The number of methoxy groups -OCH3 is 2. The van der Waals surface area contributed by atoms with E-state index in [-0.39, 0.29) is 13.2 Å². The maximum atomic E-state index is 13.7. The maximum absolute atomic E-state index is 13.7. The van der Waals surface area contributed by atoms with Crippen LogP contribution in [0.3, 0.4) is 0 Å². The van der Waals surface area contributed by atoms with E-state index in [0.29, 0.717) is 29.6 Å². The first-order chi connectivity index (χ1) is 18.1. The van der Waals surface area contributed by atoms with Gasteiger partial charge in [-0.1, -0.05) is 30.3 Å². The molecule has 10 heteroatoms. The normalized spacial score (nSPS) is 18.1. The van der Waals surface area contributed by atoms with Crippen LogP contribution in [-0.4, -0.2) is 60.8 Å². The standard InChI is InChI=1S/C28H34F2N2O6/c1-18(21-13-22(36-2)24(20-9-10-20)23(14-21)37-3)32(11-12-38-15-19-7-5-4-6-8-19)26(35)31-27(25(33)34)16-28(29,30)17-27/h4-8,13-14,18,20H,9-12,15-17H2,1-3H3,(H,31,35)(H,33,34). The number of carbonyl (C=O) groups is 2. The summed E-state index contributed by atoms with van der Waals surface area (Å²) >= 11 is 0. The molecule has 2 aromatic rings. The number of nitrogens with one attached hydrogen (secondary N) is 1. The SMILES string of the molecule is COc1cc(C(C)N(CCOCc2ccccc2)C(=O)NC2(C(=O)O)CC(F)(F)C2)cc(OC)c1C1CC1. The van der Waals surface area contributed by atoms with Gasteiger partial charge in [-0.3, -0.25) is 0 Å². The highest BCUT2D eigenvalue weighted by molar-refractivity contribution is 5.88. The van der Waals surface area contributed by atoms with E-state index in [9.17, 15) is 23.5 Å². The van der Waals surface area contributed by atoms with Crippen LogP contribution in [0.2, 0.25) is 0 Å². The molecule has 4 rings (SSSR count). The van der Waals surface area contributed by atoms with Crippen molar-refractivity contribution >= 4 is 12.0 Å². The summed E-state index contributed by atoms with van der Waals surface area (Å²) in [4.78, 5) is 26.7. The molecule has 206 valence electrons. The fourth-order valence-electron chi connectivity index (χ4n) is 4.95. The van der Waals surface area contributed by atoms with Crippen LogP contribution in [0.25, 0.3) is 0 Å². The minimum Gasteiger partial charge on any atom is -0.496 e. The lowest BCUT2D eigenvalue weighted by molar-refractivity contribution is -0.175. The third kappa shape index (κ3) is 6.01. The zero-order valence-electron chi connectivity index (χ0n) is 21.8. The van der Waals surface area contributed by atoms with Crippen LogP contribution < -0.4 is 14.8 Å². The van der Waals surface area contributed by atoms with Crippen LogP contribution in [-0.2, 0) is 16.1 Å². The molecule has 2 fully saturated rings. The van der Waals surface area contributed by atoms with Gasteiger partial charge < -0.3 is 29.5 Å². The van der Waals surface area contributed by atoms with Crippen molar-refractivity contribution in [1.29, 1.82) is 0 Å². The first-order valence-corrected chi connectivity index (χ1v) is 12.7. The number of amides is 2. The summed E-state index contributed by atoms with van der Waals surface area (Å²) in [7, 11) is 3.15. The van der Waals surface area contributed by atoms with Gasteiger partial charge in [-0.25, -0.2) is 18.4 Å². The lowest BCUT2D eigenvalue weighted by Crippen LogP contribution is -2.68. The number of aliphatic carboxylic acids is 1. The molecule has 0 aliphatic heterocycles. The van der Waals surface area contributed by atoms with Crippen molar-refractivity contribution < 1.29 is 37.7 Å². The number of carboxylic acids is 1. The highest BCUT2D eigenvalue weighted by atomic mass is 19.3. The molecule has 0 bridgehead atoms. The fourth-order valence-corrected chi connectivity index (χ4v) is 4.95. The summed E-state index contributed by atoms with van der Waals surface area (Å²) in [6.07, 6.45) is 0.171. The topological polar surface area (TPSA) is 97.3 Å². The van der Waals surface area contributed by atoms with Gasteiger partial charge in [-0.15, -0.1) is 0 Å². The van der Waals surface area contributed by atoms with Gasteiger partial charge in [0.2, 0.25) is 0 Å². The van der Waals surface area contributed by atoms with E-state index in [0.717, 1.165) is 24.0 Å². The molecule has 38 heavy (non-hydrogen) atoms. The smallest absolute Gasteiger partial charge is 0.329 e. The number of halogens is 2. The Hall–Kier alpha value is -3.40. The molecule has 0 aromatic heterocycles. The summed E-state index contributed by atoms with van der Waals surface area (Å²) in [6, 6.07) is 11.9. The highest BCUT2D eigenvalue weighted by Crippen LogP contribution is 2.50. The van der Waals surface area contributed by atoms with E-state index < -0.39 is 42.3 Å². The Morgan fingerprint density at radius 2 is 1.71 bits per heavy atom. The minimum absolute atomic E-state index is 0.0981. The Morgan fingerprint density at radius 1 is 1.11 bits per heavy atom. The minimum atomic E-state index is -3.14. The van der Waals surface area contributed by atoms with Crippen LogP contribution in [0.4, 0.5) is 13.6 Å². The molecule has 2 saturated carbocycles. The Balaban J connectivity index is 1.56. The molecule has 0 saturated heterocycles. The second-order valence-electron chi connectivity index (χ2n) is 10.0. The number of benzene rings is 2. The van der Waals surface area contributed by atoms with Gasteiger partial charge in [0.15, 0.2) is 5.54 Å². The summed E-state index contributed by atoms with van der Waals surface area (Å²) in [5.74, 6) is -2.97. The van der Waals surface area contributed by atoms with Crippen LogP contribution in [0.1, 0.15) is 61.3 Å². The molecule has 2 aromatic carbocycles. The van der Waals surface area contributed by atoms with E-state index in [4.69, 9.17) is 14.2 Å². The van der Waals surface area contributed by atoms with Gasteiger partial charge >= 0.3 is 12.0 Å². The Bertz CT molecular complexity index is 1120. The van der Waals surface area contributed by atoms with Gasteiger partial charge in [0.25, 0.3) is 5.92 Å². The van der Waals surface area contributed by atoms with Gasteiger partial charge in [-0.2, -0.15) is 0 Å². The third-order valence-corrected chi connectivity index (χ3v) is 7.23. The Kier molecular flexibility index (Phi) is 8.10. The van der Waals surface area contributed by atoms with Crippen molar-refractivity contribution in [1.82, 2.24) is 10.2 Å². The van der Waals surface area contributed by atoms with Crippen LogP contribution in [0.15, 0.2) is 42.5 Å². The summed E-state index contributed by atoms with van der Waals surface area (Å²) in [5, 5.41) is 12.0. The summed E-state index contributed by atoms with van der Waals surface area (Å²) < 4.78 is 44.4. The molecule has 1 atom stereocenters. The van der Waals surface area contributed by atoms with Crippen molar-refractivity contribution in [3.05, 3.63) is 59.2 Å². The van der Waals surface area contributed by atoms with Gasteiger partial charge in [0.1, 0.15) is 11.5 Å². The van der Waals surface area contributed by atoms with Crippen molar-refractivity contribution in [3.8, 4) is 11.5 Å². The zero-order valence-corrected chi connectivity index (χ0v) is 21.8. The highest BCUT2D eigenvalue weighted by Gasteiger charge is 2.62. The molecule has 0 heterocycles. The van der Waals surface area contributed by atoms with E-state index in [1.807, 2.05) is 42.5 Å². The van der Waals surface area contributed by atoms with E-state index >= 15 is 0 Å². The number of carbonyl (C=O) groups excluding carboxylic acids is 1. The van der Waals surface area contributed by atoms with Crippen LogP contribution in [0, 0.1) is 0 Å². The largest absolute Gasteiger partial charge is 0.496 e. The molecular formula is C28H34F2N2O6. The molecule has 0 radical (unpaired) electrons. The van der Waals surface area contributed by atoms with Crippen molar-refractivity contribution in [2.24, 2.45) is 0 Å². The fraction of sp³-hybridized carbons (Fsp3) is 0.500. The molecule has 8 nitrogen and oxygen atoms in total. The second-order valence-corrected chi connectivity index (χ2v) is 10.0. The average Bonchev–Trinajstić information content (AvgIpc) is 3.72. The Labute approximate surface area is 220 Å². The molecule has 1 unspecified atom stereocenters. The number of alkyl halides is 2. The number of nitrogens with zero attached hydrogens (tertiary/aromatic N) is 1. The zero-order chi connectivity index (χ0) is 27.5. The summed E-state index contributed by atoms with van der Waals surface area (Å²) in [5.41, 5.74) is 0.622. The van der Waals surface area contributed by atoms with Crippen molar-refractivity contribution in [2.45, 2.75) is 62.6 Å². The predicted molar refractivity (Wildman–Crippen MR) is 136 cm³/mol. The number of ether oxygens (including phenoxy) is 3. The average molecular weight is 533 g/mol. The van der Waals surface area contributed by atoms with Crippen molar-refractivity contribution in [2.75, 3.05) is 27.4 Å². The first kappa shape index (κ1) is 27.6. The molecule has 0 spiro atoms. The third-order valence-electron chi connectivity index (χ3n) is 7.23. The quantitative estimate of drug-likeness (QED) is 0.368. The number of urea groups is 1. The van der Waals surface area contributed by atoms with Crippen LogP contribution >= 0.6 is 0 Å². The van der Waals surface area contributed by atoms with Gasteiger partial charge in [-0.05, 0) is 48.9 Å². The van der Waals surface area contributed by atoms with E-state index in [1.54, 1.807) is 21.1 Å². The maximum Gasteiger partial charge on any atom is 0.329 e. The molecule has 2 amide bonds. The lowest BCUT2D eigenvalue weighted by Gasteiger charge is -2.45.